The molecule has 3 nitrogen and oxygen atoms in total. The summed E-state index contributed by atoms with van der Waals surface area (Å²) >= 11 is 0. The van der Waals surface area contributed by atoms with Gasteiger partial charge < -0.3 is 11.1 Å². The molecule has 6 heteroatoms. The third kappa shape index (κ3) is 4.96. The van der Waals surface area contributed by atoms with Gasteiger partial charge in [0.15, 0.2) is 0 Å². The predicted octanol–water partition coefficient (Wildman–Crippen LogP) is 2.84. The maximum absolute atomic E-state index is 12.6. The van der Waals surface area contributed by atoms with Crippen LogP contribution in [0.4, 0.5) is 13.2 Å². The molecule has 0 radical (unpaired) electrons. The second-order valence-corrected chi connectivity index (χ2v) is 6.03. The Labute approximate surface area is 118 Å². The Morgan fingerprint density at radius 2 is 1.80 bits per heavy atom. The van der Waals surface area contributed by atoms with Crippen LogP contribution in [-0.2, 0) is 4.79 Å². The van der Waals surface area contributed by atoms with Gasteiger partial charge in [-0.3, -0.25) is 4.79 Å². The van der Waals surface area contributed by atoms with E-state index in [4.69, 9.17) is 5.73 Å². The molecule has 0 aromatic heterocycles. The molecule has 1 aliphatic carbocycles. The van der Waals surface area contributed by atoms with Gasteiger partial charge in [-0.25, -0.2) is 0 Å². The molecule has 0 aromatic carbocycles. The Morgan fingerprint density at radius 3 is 2.20 bits per heavy atom. The lowest BCUT2D eigenvalue weighted by Gasteiger charge is -2.31. The molecule has 1 rings (SSSR count). The van der Waals surface area contributed by atoms with E-state index in [2.05, 4.69) is 5.32 Å². The summed E-state index contributed by atoms with van der Waals surface area (Å²) in [6.45, 7) is 4.49. The molecule has 1 atom stereocenters. The minimum atomic E-state index is -4.12. The topological polar surface area (TPSA) is 55.1 Å². The van der Waals surface area contributed by atoms with E-state index in [9.17, 15) is 18.0 Å². The van der Waals surface area contributed by atoms with Crippen LogP contribution < -0.4 is 11.1 Å². The molecule has 118 valence electrons. The average molecular weight is 294 g/mol. The lowest BCUT2D eigenvalue weighted by Crippen LogP contribution is -2.44. The van der Waals surface area contributed by atoms with E-state index in [1.165, 1.54) is 0 Å². The van der Waals surface area contributed by atoms with Crippen molar-refractivity contribution < 1.29 is 18.0 Å². The monoisotopic (exact) mass is 294 g/mol. The summed E-state index contributed by atoms with van der Waals surface area (Å²) in [5.41, 5.74) is 5.51. The first-order valence-electron chi connectivity index (χ1n) is 7.32. The van der Waals surface area contributed by atoms with Crippen LogP contribution in [0.25, 0.3) is 0 Å². The molecule has 0 saturated heterocycles. The number of carbonyl (C=O) groups is 1. The van der Waals surface area contributed by atoms with Gasteiger partial charge in [0.05, 0.1) is 5.92 Å². The molecule has 0 aliphatic heterocycles. The van der Waals surface area contributed by atoms with Crippen molar-refractivity contribution in [3.05, 3.63) is 0 Å². The Morgan fingerprint density at radius 1 is 1.25 bits per heavy atom. The summed E-state index contributed by atoms with van der Waals surface area (Å²) in [6, 6.07) is 0.00726. The smallest absolute Gasteiger partial charge is 0.353 e. The number of alkyl halides is 3. The van der Waals surface area contributed by atoms with Crippen LogP contribution in [0.1, 0.15) is 46.0 Å². The number of halogens is 3. The highest BCUT2D eigenvalue weighted by atomic mass is 19.4. The summed E-state index contributed by atoms with van der Waals surface area (Å²) in [5, 5.41) is 2.94. The number of hydrogen-bond acceptors (Lipinski definition) is 2. The van der Waals surface area contributed by atoms with Crippen LogP contribution in [0.3, 0.4) is 0 Å². The van der Waals surface area contributed by atoms with E-state index in [0.717, 1.165) is 0 Å². The van der Waals surface area contributed by atoms with Crippen LogP contribution in [-0.4, -0.2) is 24.7 Å². The van der Waals surface area contributed by atoms with E-state index in [0.29, 0.717) is 25.8 Å². The maximum atomic E-state index is 12.6. The SMILES string of the molecule is CC(C)C(CCN)NC(=O)C1CCC(C(F)(F)F)CC1. The number of rotatable bonds is 5. The van der Waals surface area contributed by atoms with Crippen LogP contribution in [0.2, 0.25) is 0 Å². The van der Waals surface area contributed by atoms with Crippen LogP contribution in [0.15, 0.2) is 0 Å². The maximum Gasteiger partial charge on any atom is 0.391 e. The van der Waals surface area contributed by atoms with Crippen molar-refractivity contribution in [1.29, 1.82) is 0 Å². The molecule has 0 spiro atoms. The standard InChI is InChI=1S/C14H25F3N2O/c1-9(2)12(7-8-18)19-13(20)10-3-5-11(6-4-10)14(15,16)17/h9-12H,3-8,18H2,1-2H3,(H,19,20). The van der Waals surface area contributed by atoms with Crippen molar-refractivity contribution in [3.63, 3.8) is 0 Å². The molecule has 3 N–H and O–H groups in total. The number of hydrogen-bond donors (Lipinski definition) is 2. The summed E-state index contributed by atoms with van der Waals surface area (Å²) in [5.74, 6) is -1.36. The van der Waals surface area contributed by atoms with Crippen molar-refractivity contribution in [2.45, 2.75) is 58.2 Å². The minimum absolute atomic E-state index is 0.00726. The van der Waals surface area contributed by atoms with E-state index in [-0.39, 0.29) is 36.6 Å². The van der Waals surface area contributed by atoms with E-state index < -0.39 is 12.1 Å². The quantitative estimate of drug-likeness (QED) is 0.819. The first-order valence-corrected chi connectivity index (χ1v) is 7.32. The Hall–Kier alpha value is -0.780. The van der Waals surface area contributed by atoms with Crippen molar-refractivity contribution in [1.82, 2.24) is 5.32 Å². The second kappa shape index (κ2) is 7.29. The zero-order valence-corrected chi connectivity index (χ0v) is 12.2. The molecular formula is C14H25F3N2O. The van der Waals surface area contributed by atoms with Gasteiger partial charge in [0, 0.05) is 12.0 Å². The highest BCUT2D eigenvalue weighted by Gasteiger charge is 2.42. The molecule has 1 unspecified atom stereocenters. The zero-order valence-electron chi connectivity index (χ0n) is 12.2. The number of nitrogens with two attached hydrogens (primary N) is 1. The first-order chi connectivity index (χ1) is 9.25. The highest BCUT2D eigenvalue weighted by molar-refractivity contribution is 5.79. The van der Waals surface area contributed by atoms with Gasteiger partial charge in [0.25, 0.3) is 0 Å². The molecule has 0 aromatic rings. The fourth-order valence-electron chi connectivity index (χ4n) is 2.74. The van der Waals surface area contributed by atoms with Crippen LogP contribution in [0, 0.1) is 17.8 Å². The summed E-state index contributed by atoms with van der Waals surface area (Å²) in [7, 11) is 0. The van der Waals surface area contributed by atoms with Crippen molar-refractivity contribution >= 4 is 5.91 Å². The third-order valence-corrected chi connectivity index (χ3v) is 4.17. The van der Waals surface area contributed by atoms with Gasteiger partial charge in [-0.05, 0) is 44.6 Å². The largest absolute Gasteiger partial charge is 0.391 e. The van der Waals surface area contributed by atoms with Gasteiger partial charge in [-0.15, -0.1) is 0 Å². The van der Waals surface area contributed by atoms with Crippen molar-refractivity contribution in [3.8, 4) is 0 Å². The van der Waals surface area contributed by atoms with Crippen LogP contribution >= 0.6 is 0 Å². The lowest BCUT2D eigenvalue weighted by atomic mass is 9.81. The molecule has 0 bridgehead atoms. The van der Waals surface area contributed by atoms with Gasteiger partial charge in [0.1, 0.15) is 0 Å². The van der Waals surface area contributed by atoms with Gasteiger partial charge >= 0.3 is 6.18 Å². The number of nitrogens with one attached hydrogen (secondary N) is 1. The molecular weight excluding hydrogens is 269 g/mol. The molecule has 0 heterocycles. The molecule has 1 saturated carbocycles. The first kappa shape index (κ1) is 17.3. The number of amides is 1. The Kier molecular flexibility index (Phi) is 6.30. The number of carbonyl (C=O) groups excluding carboxylic acids is 1. The third-order valence-electron chi connectivity index (χ3n) is 4.17. The molecule has 20 heavy (non-hydrogen) atoms. The summed E-state index contributed by atoms with van der Waals surface area (Å²) in [6.07, 6.45) is -2.66. The van der Waals surface area contributed by atoms with Gasteiger partial charge in [0.2, 0.25) is 5.91 Å². The summed E-state index contributed by atoms with van der Waals surface area (Å²) < 4.78 is 37.7. The Bertz CT molecular complexity index is 310. The molecule has 1 amide bonds. The van der Waals surface area contributed by atoms with Crippen LogP contribution in [0.5, 0.6) is 0 Å². The van der Waals surface area contributed by atoms with Crippen molar-refractivity contribution in [2.24, 2.45) is 23.5 Å². The predicted molar refractivity (Wildman–Crippen MR) is 71.9 cm³/mol. The fourth-order valence-corrected chi connectivity index (χ4v) is 2.74. The molecule has 1 aliphatic rings. The average Bonchev–Trinajstić information content (AvgIpc) is 2.37. The molecule has 1 fully saturated rings. The van der Waals surface area contributed by atoms with E-state index in [1.807, 2.05) is 13.8 Å². The highest BCUT2D eigenvalue weighted by Crippen LogP contribution is 2.39. The van der Waals surface area contributed by atoms with Gasteiger partial charge in [-0.2, -0.15) is 13.2 Å². The lowest BCUT2D eigenvalue weighted by molar-refractivity contribution is -0.184. The summed E-state index contributed by atoms with van der Waals surface area (Å²) in [4.78, 5) is 12.1. The Balaban J connectivity index is 2.46. The second-order valence-electron chi connectivity index (χ2n) is 6.03. The van der Waals surface area contributed by atoms with Gasteiger partial charge in [-0.1, -0.05) is 13.8 Å². The van der Waals surface area contributed by atoms with E-state index in [1.54, 1.807) is 0 Å². The van der Waals surface area contributed by atoms with E-state index >= 15 is 0 Å². The fraction of sp³-hybridized carbons (Fsp3) is 0.929. The normalized spacial score (nSPS) is 25.6. The zero-order chi connectivity index (χ0) is 15.3. The minimum Gasteiger partial charge on any atom is -0.353 e. The van der Waals surface area contributed by atoms with Crippen molar-refractivity contribution in [2.75, 3.05) is 6.54 Å².